The Balaban J connectivity index is 1.01. The Hall–Kier alpha value is -7.75. The van der Waals surface area contributed by atoms with Crippen molar-refractivity contribution in [2.75, 3.05) is 0 Å². The number of hydrogen-bond donors (Lipinski definition) is 0. The van der Waals surface area contributed by atoms with Gasteiger partial charge in [-0.2, -0.15) is 0 Å². The molecule has 11 rings (SSSR count). The average Bonchev–Trinajstić information content (AvgIpc) is 3.30. The lowest BCUT2D eigenvalue weighted by Crippen LogP contribution is -2.01. The van der Waals surface area contributed by atoms with Crippen LogP contribution in [0.4, 0.5) is 0 Å². The molecule has 0 atom stereocenters. The lowest BCUT2D eigenvalue weighted by Gasteiger charge is -2.12. The first-order valence-corrected chi connectivity index (χ1v) is 19.7. The molecule has 11 aromatic rings. The van der Waals surface area contributed by atoms with Crippen molar-refractivity contribution in [1.82, 2.24) is 15.0 Å². The maximum atomic E-state index is 5.20. The lowest BCUT2D eigenvalue weighted by atomic mass is 9.94. The van der Waals surface area contributed by atoms with Gasteiger partial charge in [0.05, 0.1) is 0 Å². The summed E-state index contributed by atoms with van der Waals surface area (Å²) in [5.41, 5.74) is 9.83. The first-order chi connectivity index (χ1) is 28.7. The number of benzene rings is 10. The Labute approximate surface area is 336 Å². The van der Waals surface area contributed by atoms with Gasteiger partial charge in [-0.3, -0.25) is 0 Å². The van der Waals surface area contributed by atoms with Gasteiger partial charge in [0.25, 0.3) is 0 Å². The quantitative estimate of drug-likeness (QED) is 0.171. The molecule has 0 radical (unpaired) electrons. The molecule has 3 nitrogen and oxygen atoms in total. The normalized spacial score (nSPS) is 11.4. The second kappa shape index (κ2) is 14.1. The lowest BCUT2D eigenvalue weighted by molar-refractivity contribution is 1.08. The summed E-state index contributed by atoms with van der Waals surface area (Å²) < 4.78 is 0. The predicted octanol–water partition coefficient (Wildman–Crippen LogP) is 14.5. The smallest absolute Gasteiger partial charge is 0.164 e. The minimum Gasteiger partial charge on any atom is -0.208 e. The highest BCUT2D eigenvalue weighted by Crippen LogP contribution is 2.36. The molecule has 0 N–H and O–H groups in total. The van der Waals surface area contributed by atoms with Crippen LogP contribution in [0.25, 0.3) is 111 Å². The first kappa shape index (κ1) is 33.6. The number of nitrogens with zero attached hydrogens (tertiary/aromatic N) is 3. The minimum atomic E-state index is 0.630. The summed E-state index contributed by atoms with van der Waals surface area (Å²) in [5.74, 6) is 1.91. The molecule has 0 saturated carbocycles. The van der Waals surface area contributed by atoms with Crippen molar-refractivity contribution in [3.63, 3.8) is 0 Å². The van der Waals surface area contributed by atoms with E-state index in [1.807, 2.05) is 0 Å². The highest BCUT2D eigenvalue weighted by molar-refractivity contribution is 6.00. The van der Waals surface area contributed by atoms with Crippen LogP contribution in [0.3, 0.4) is 0 Å². The van der Waals surface area contributed by atoms with E-state index in [1.54, 1.807) is 0 Å². The van der Waals surface area contributed by atoms with Crippen molar-refractivity contribution in [1.29, 1.82) is 0 Å². The SMILES string of the molecule is c1cc(-c2ccc3cc(-c4cccc5ccccc45)ccc3c2)cc(-c2nc(-c3cccc(-c4cccc5ccccc45)c3)nc(-c3cccc4ccccc34)n2)c1. The summed E-state index contributed by atoms with van der Waals surface area (Å²) in [6.45, 7) is 0. The second-order valence-electron chi connectivity index (χ2n) is 14.8. The predicted molar refractivity (Wildman–Crippen MR) is 242 cm³/mol. The van der Waals surface area contributed by atoms with Crippen LogP contribution in [0.5, 0.6) is 0 Å². The van der Waals surface area contributed by atoms with E-state index in [1.165, 1.54) is 49.0 Å². The average molecular weight is 738 g/mol. The maximum absolute atomic E-state index is 5.20. The van der Waals surface area contributed by atoms with Crippen LogP contribution in [-0.2, 0) is 0 Å². The zero-order valence-electron chi connectivity index (χ0n) is 31.5. The van der Waals surface area contributed by atoms with Gasteiger partial charge in [0, 0.05) is 16.7 Å². The van der Waals surface area contributed by atoms with Gasteiger partial charge in [-0.05, 0) is 101 Å². The van der Waals surface area contributed by atoms with Gasteiger partial charge in [-0.25, -0.2) is 15.0 Å². The topological polar surface area (TPSA) is 38.7 Å². The Kier molecular flexibility index (Phi) is 8.15. The molecule has 0 amide bonds. The summed E-state index contributed by atoms with van der Waals surface area (Å²) in [6.07, 6.45) is 0. The molecule has 0 saturated heterocycles. The van der Waals surface area contributed by atoms with Gasteiger partial charge >= 0.3 is 0 Å². The largest absolute Gasteiger partial charge is 0.208 e. The van der Waals surface area contributed by atoms with Crippen LogP contribution in [0.1, 0.15) is 0 Å². The van der Waals surface area contributed by atoms with Crippen molar-refractivity contribution in [3.8, 4) is 67.5 Å². The maximum Gasteiger partial charge on any atom is 0.164 e. The van der Waals surface area contributed by atoms with Gasteiger partial charge in [0.1, 0.15) is 0 Å². The number of hydrogen-bond acceptors (Lipinski definition) is 3. The van der Waals surface area contributed by atoms with Gasteiger partial charge in [0.2, 0.25) is 0 Å². The highest BCUT2D eigenvalue weighted by Gasteiger charge is 2.16. The summed E-state index contributed by atoms with van der Waals surface area (Å²) >= 11 is 0. The Bertz CT molecular complexity index is 3350. The zero-order chi connectivity index (χ0) is 38.4. The molecule has 0 aliphatic carbocycles. The van der Waals surface area contributed by atoms with Crippen molar-refractivity contribution in [2.24, 2.45) is 0 Å². The zero-order valence-corrected chi connectivity index (χ0v) is 31.5. The van der Waals surface area contributed by atoms with Gasteiger partial charge < -0.3 is 0 Å². The highest BCUT2D eigenvalue weighted by atomic mass is 15.0. The molecule has 10 aromatic carbocycles. The standard InChI is InChI=1S/C55H35N3/c1-4-22-47-36(12-1)15-9-25-50(47)43-19-8-21-46(35-43)54-56-53(57-55(58-54)52-27-11-17-38-14-3-6-24-49(38)52)45-20-7-18-39(34-45)40-28-29-42-33-44(31-30-41(42)32-40)51-26-10-16-37-13-2-5-23-48(37)51/h1-35H. The molecule has 0 spiro atoms. The van der Waals surface area contributed by atoms with Crippen LogP contribution in [0.2, 0.25) is 0 Å². The number of rotatable bonds is 6. The van der Waals surface area contributed by atoms with Gasteiger partial charge in [-0.1, -0.05) is 188 Å². The fraction of sp³-hybridized carbons (Fsp3) is 0. The molecule has 0 aliphatic heterocycles. The second-order valence-corrected chi connectivity index (χ2v) is 14.8. The Morgan fingerprint density at radius 3 is 1.16 bits per heavy atom. The molecule has 3 heteroatoms. The third kappa shape index (κ3) is 6.07. The Morgan fingerprint density at radius 1 is 0.207 bits per heavy atom. The van der Waals surface area contributed by atoms with E-state index < -0.39 is 0 Å². The third-order valence-electron chi connectivity index (χ3n) is 11.3. The molecule has 0 fully saturated rings. The van der Waals surface area contributed by atoms with Crippen molar-refractivity contribution in [2.45, 2.75) is 0 Å². The van der Waals surface area contributed by atoms with Crippen molar-refractivity contribution in [3.05, 3.63) is 212 Å². The summed E-state index contributed by atoms with van der Waals surface area (Å²) in [5, 5.41) is 9.58. The van der Waals surface area contributed by atoms with E-state index in [0.29, 0.717) is 17.5 Å². The van der Waals surface area contributed by atoms with Crippen molar-refractivity contribution < 1.29 is 0 Å². The Morgan fingerprint density at radius 2 is 0.569 bits per heavy atom. The summed E-state index contributed by atoms with van der Waals surface area (Å²) in [7, 11) is 0. The van der Waals surface area contributed by atoms with Crippen LogP contribution >= 0.6 is 0 Å². The molecule has 0 bridgehead atoms. The fourth-order valence-corrected chi connectivity index (χ4v) is 8.39. The summed E-state index contributed by atoms with van der Waals surface area (Å²) in [4.78, 5) is 15.6. The van der Waals surface area contributed by atoms with E-state index in [-0.39, 0.29) is 0 Å². The number of aromatic nitrogens is 3. The van der Waals surface area contributed by atoms with Crippen LogP contribution in [0.15, 0.2) is 212 Å². The summed E-state index contributed by atoms with van der Waals surface area (Å²) in [6, 6.07) is 75.4. The first-order valence-electron chi connectivity index (χ1n) is 19.7. The van der Waals surface area contributed by atoms with E-state index in [2.05, 4.69) is 212 Å². The van der Waals surface area contributed by atoms with Gasteiger partial charge in [-0.15, -0.1) is 0 Å². The van der Waals surface area contributed by atoms with E-state index in [4.69, 9.17) is 15.0 Å². The molecular formula is C55H35N3. The molecule has 58 heavy (non-hydrogen) atoms. The van der Waals surface area contributed by atoms with Gasteiger partial charge in [0.15, 0.2) is 17.5 Å². The monoisotopic (exact) mass is 737 g/mol. The van der Waals surface area contributed by atoms with E-state index in [0.717, 1.165) is 44.2 Å². The third-order valence-corrected chi connectivity index (χ3v) is 11.3. The number of fused-ring (bicyclic) bond motifs is 4. The molecule has 1 aromatic heterocycles. The van der Waals surface area contributed by atoms with Crippen molar-refractivity contribution >= 4 is 43.1 Å². The van der Waals surface area contributed by atoms with Crippen LogP contribution in [-0.4, -0.2) is 15.0 Å². The minimum absolute atomic E-state index is 0.630. The van der Waals surface area contributed by atoms with E-state index >= 15 is 0 Å². The van der Waals surface area contributed by atoms with Crippen LogP contribution in [0, 0.1) is 0 Å². The molecule has 0 aliphatic rings. The molecular weight excluding hydrogens is 703 g/mol. The molecule has 0 unspecified atom stereocenters. The van der Waals surface area contributed by atoms with E-state index in [9.17, 15) is 0 Å². The fourth-order valence-electron chi connectivity index (χ4n) is 8.39. The molecule has 1 heterocycles. The molecule has 270 valence electrons. The van der Waals surface area contributed by atoms with Crippen LogP contribution < -0.4 is 0 Å².